The lowest BCUT2D eigenvalue weighted by Gasteiger charge is -2.11. The lowest BCUT2D eigenvalue weighted by molar-refractivity contribution is -0.308. The molecule has 0 heterocycles. The molecule has 0 atom stereocenters. The Bertz CT molecular complexity index is 129. The maximum absolute atomic E-state index is 9.79. The third-order valence-corrected chi connectivity index (χ3v) is 0.858. The number of hydrogen-bond acceptors (Lipinski definition) is 5. The number of carbonyl (C=O) groups is 2. The van der Waals surface area contributed by atoms with Gasteiger partial charge in [0.05, 0.1) is 0 Å². The van der Waals surface area contributed by atoms with Crippen molar-refractivity contribution in [3.05, 3.63) is 0 Å². The molecule has 0 unspecified atom stereocenters. The molecule has 0 radical (unpaired) electrons. The summed E-state index contributed by atoms with van der Waals surface area (Å²) in [6.07, 6.45) is -0.901. The van der Waals surface area contributed by atoms with Crippen LogP contribution in [0.3, 0.4) is 0 Å². The summed E-state index contributed by atoms with van der Waals surface area (Å²) in [6, 6.07) is -0.907. The van der Waals surface area contributed by atoms with Crippen molar-refractivity contribution in [3.63, 3.8) is 0 Å². The van der Waals surface area contributed by atoms with Crippen molar-refractivity contribution in [1.82, 2.24) is 0 Å². The highest BCUT2D eigenvalue weighted by Gasteiger charge is 2.01. The van der Waals surface area contributed by atoms with Crippen LogP contribution in [-0.4, -0.2) is 18.0 Å². The SMILES string of the molecule is NC(CC(=O)[O-])CC(=O)[O-]. The van der Waals surface area contributed by atoms with Crippen molar-refractivity contribution in [2.24, 2.45) is 5.73 Å². The number of carboxylic acids is 2. The Balaban J connectivity index is 3.53. The first-order valence-corrected chi connectivity index (χ1v) is 2.67. The minimum Gasteiger partial charge on any atom is -0.550 e. The lowest BCUT2D eigenvalue weighted by atomic mass is 10.1. The van der Waals surface area contributed by atoms with E-state index in [1.54, 1.807) is 0 Å². The molecular weight excluding hydrogens is 138 g/mol. The van der Waals surface area contributed by atoms with Crippen LogP contribution in [0.5, 0.6) is 0 Å². The number of carbonyl (C=O) groups excluding carboxylic acids is 2. The number of nitrogens with two attached hydrogens (primary N) is 1. The number of aliphatic carboxylic acids is 2. The molecule has 0 aliphatic carbocycles. The Morgan fingerprint density at radius 2 is 1.50 bits per heavy atom. The molecule has 0 aromatic heterocycles. The van der Waals surface area contributed by atoms with Gasteiger partial charge < -0.3 is 25.5 Å². The largest absolute Gasteiger partial charge is 0.550 e. The molecule has 5 nitrogen and oxygen atoms in total. The maximum Gasteiger partial charge on any atom is 0.0429 e. The van der Waals surface area contributed by atoms with Crippen LogP contribution in [0.2, 0.25) is 0 Å². The van der Waals surface area contributed by atoms with E-state index in [0.717, 1.165) is 0 Å². The summed E-state index contributed by atoms with van der Waals surface area (Å²) in [6.45, 7) is 0. The van der Waals surface area contributed by atoms with Gasteiger partial charge in [0.1, 0.15) is 0 Å². The zero-order valence-electron chi connectivity index (χ0n) is 5.20. The molecule has 58 valence electrons. The van der Waals surface area contributed by atoms with Crippen LogP contribution in [0, 0.1) is 0 Å². The van der Waals surface area contributed by atoms with Crippen molar-refractivity contribution >= 4 is 11.9 Å². The molecule has 0 fully saturated rings. The summed E-state index contributed by atoms with van der Waals surface area (Å²) < 4.78 is 0. The van der Waals surface area contributed by atoms with Gasteiger partial charge in [0.25, 0.3) is 0 Å². The first-order chi connectivity index (χ1) is 4.52. The first kappa shape index (κ1) is 8.90. The molecular formula is C5H7NO4-2. The standard InChI is InChI=1S/C5H9NO4/c6-3(1-4(7)8)2-5(9)10/h3H,1-2,6H2,(H,7,8)(H,9,10)/p-2. The van der Waals surface area contributed by atoms with Crippen LogP contribution < -0.4 is 15.9 Å². The molecule has 5 heteroatoms. The maximum atomic E-state index is 9.79. The van der Waals surface area contributed by atoms with E-state index in [9.17, 15) is 19.8 Å². The molecule has 0 amide bonds. The molecule has 10 heavy (non-hydrogen) atoms. The molecule has 0 spiro atoms. The van der Waals surface area contributed by atoms with Crippen molar-refractivity contribution in [2.75, 3.05) is 0 Å². The van der Waals surface area contributed by atoms with E-state index in [-0.39, 0.29) is 0 Å². The summed E-state index contributed by atoms with van der Waals surface area (Å²) >= 11 is 0. The monoisotopic (exact) mass is 145 g/mol. The molecule has 2 N–H and O–H groups in total. The van der Waals surface area contributed by atoms with Gasteiger partial charge in [-0.2, -0.15) is 0 Å². The zero-order chi connectivity index (χ0) is 8.15. The van der Waals surface area contributed by atoms with Gasteiger partial charge in [-0.15, -0.1) is 0 Å². The van der Waals surface area contributed by atoms with Crippen molar-refractivity contribution < 1.29 is 19.8 Å². The van der Waals surface area contributed by atoms with E-state index in [0.29, 0.717) is 0 Å². The van der Waals surface area contributed by atoms with Crippen LogP contribution in [0.25, 0.3) is 0 Å². The Morgan fingerprint density at radius 3 is 1.70 bits per heavy atom. The van der Waals surface area contributed by atoms with E-state index < -0.39 is 30.8 Å². The first-order valence-electron chi connectivity index (χ1n) is 2.67. The smallest absolute Gasteiger partial charge is 0.0429 e. The third-order valence-electron chi connectivity index (χ3n) is 0.858. The summed E-state index contributed by atoms with van der Waals surface area (Å²) in [5.74, 6) is -2.71. The molecule has 0 bridgehead atoms. The van der Waals surface area contributed by atoms with Gasteiger partial charge in [-0.3, -0.25) is 0 Å². The topological polar surface area (TPSA) is 106 Å². The summed E-state index contributed by atoms with van der Waals surface area (Å²) in [7, 11) is 0. The van der Waals surface area contributed by atoms with E-state index >= 15 is 0 Å². The minimum atomic E-state index is -1.35. The van der Waals surface area contributed by atoms with Gasteiger partial charge in [0.2, 0.25) is 0 Å². The highest BCUT2D eigenvalue weighted by molar-refractivity contribution is 5.69. The fourth-order valence-electron chi connectivity index (χ4n) is 0.500. The normalized spacial score (nSPS) is 9.80. The second kappa shape index (κ2) is 3.84. The Kier molecular flexibility index (Phi) is 3.42. The van der Waals surface area contributed by atoms with Gasteiger partial charge in [-0.25, -0.2) is 0 Å². The van der Waals surface area contributed by atoms with Gasteiger partial charge in [0, 0.05) is 30.8 Å². The highest BCUT2D eigenvalue weighted by Crippen LogP contribution is 1.90. The van der Waals surface area contributed by atoms with Gasteiger partial charge in [0.15, 0.2) is 0 Å². The van der Waals surface area contributed by atoms with Crippen molar-refractivity contribution in [1.29, 1.82) is 0 Å². The number of carboxylic acid groups (broad SMARTS) is 2. The van der Waals surface area contributed by atoms with Crippen LogP contribution in [-0.2, 0) is 9.59 Å². The molecule has 0 saturated heterocycles. The van der Waals surface area contributed by atoms with Crippen LogP contribution >= 0.6 is 0 Å². The van der Waals surface area contributed by atoms with E-state index in [1.165, 1.54) is 0 Å². The second-order valence-corrected chi connectivity index (χ2v) is 1.91. The molecule has 0 aromatic rings. The minimum absolute atomic E-state index is 0.450. The van der Waals surface area contributed by atoms with Crippen LogP contribution in [0.15, 0.2) is 0 Å². The summed E-state index contributed by atoms with van der Waals surface area (Å²) in [5, 5.41) is 19.6. The molecule has 0 saturated carbocycles. The van der Waals surface area contributed by atoms with Crippen molar-refractivity contribution in [3.8, 4) is 0 Å². The van der Waals surface area contributed by atoms with E-state index in [4.69, 9.17) is 5.73 Å². The average molecular weight is 145 g/mol. The number of hydrogen-bond donors (Lipinski definition) is 1. The van der Waals surface area contributed by atoms with Gasteiger partial charge in [-0.05, 0) is 0 Å². The zero-order valence-corrected chi connectivity index (χ0v) is 5.20. The second-order valence-electron chi connectivity index (χ2n) is 1.91. The Hall–Kier alpha value is -1.10. The average Bonchev–Trinajstić information content (AvgIpc) is 1.58. The lowest BCUT2D eigenvalue weighted by Crippen LogP contribution is -2.37. The van der Waals surface area contributed by atoms with Gasteiger partial charge >= 0.3 is 0 Å². The fourth-order valence-corrected chi connectivity index (χ4v) is 0.500. The molecule has 0 rings (SSSR count). The summed E-state index contributed by atoms with van der Waals surface area (Å²) in [4.78, 5) is 19.6. The number of rotatable bonds is 4. The third kappa shape index (κ3) is 5.04. The molecule has 0 aromatic carbocycles. The van der Waals surface area contributed by atoms with E-state index in [2.05, 4.69) is 0 Å². The van der Waals surface area contributed by atoms with Crippen LogP contribution in [0.4, 0.5) is 0 Å². The highest BCUT2D eigenvalue weighted by atomic mass is 16.4. The Labute approximate surface area is 57.5 Å². The van der Waals surface area contributed by atoms with Crippen LogP contribution in [0.1, 0.15) is 12.8 Å². The summed E-state index contributed by atoms with van der Waals surface area (Å²) in [5.41, 5.74) is 5.03. The van der Waals surface area contributed by atoms with E-state index in [1.807, 2.05) is 0 Å². The predicted molar refractivity (Wildman–Crippen MR) is 27.2 cm³/mol. The fraction of sp³-hybridized carbons (Fsp3) is 0.600. The predicted octanol–water partition coefficient (Wildman–Crippen LogP) is -3.41. The van der Waals surface area contributed by atoms with Crippen molar-refractivity contribution in [2.45, 2.75) is 18.9 Å². The molecule has 0 aliphatic rings. The quantitative estimate of drug-likeness (QED) is 0.443. The van der Waals surface area contributed by atoms with Gasteiger partial charge in [-0.1, -0.05) is 0 Å². The molecule has 0 aliphatic heterocycles. The Morgan fingerprint density at radius 1 is 1.20 bits per heavy atom.